The average Bonchev–Trinajstić information content (AvgIpc) is 2.05. The van der Waals surface area contributed by atoms with E-state index >= 15 is 0 Å². The number of hydrogen-bond acceptors (Lipinski definition) is 3. The summed E-state index contributed by atoms with van der Waals surface area (Å²) in [6.45, 7) is 2.04. The van der Waals surface area contributed by atoms with Crippen LogP contribution in [0, 0.1) is 0 Å². The Hall–Kier alpha value is -1.09. The predicted molar refractivity (Wildman–Crippen MR) is 44.2 cm³/mol. The van der Waals surface area contributed by atoms with Gasteiger partial charge in [0, 0.05) is 11.6 Å². The van der Waals surface area contributed by atoms with E-state index in [1.54, 1.807) is 12.3 Å². The Morgan fingerprint density at radius 1 is 1.64 bits per heavy atom. The highest BCUT2D eigenvalue weighted by Crippen LogP contribution is 2.11. The highest BCUT2D eigenvalue weighted by atomic mass is 16.3. The van der Waals surface area contributed by atoms with E-state index in [0.717, 1.165) is 5.69 Å². The van der Waals surface area contributed by atoms with Crippen LogP contribution in [-0.2, 0) is 0 Å². The van der Waals surface area contributed by atoms with Crippen molar-refractivity contribution in [1.29, 1.82) is 0 Å². The van der Waals surface area contributed by atoms with E-state index in [4.69, 9.17) is 10.8 Å². The lowest BCUT2D eigenvalue weighted by Gasteiger charge is -2.05. The van der Waals surface area contributed by atoms with E-state index in [1.807, 2.05) is 13.0 Å². The largest absolute Gasteiger partial charge is 0.397 e. The van der Waals surface area contributed by atoms with Crippen molar-refractivity contribution in [1.82, 2.24) is 4.98 Å². The van der Waals surface area contributed by atoms with Crippen LogP contribution in [0.5, 0.6) is 0 Å². The first kappa shape index (κ1) is 8.01. The summed E-state index contributed by atoms with van der Waals surface area (Å²) in [5.74, 6) is 0.0931. The zero-order valence-electron chi connectivity index (χ0n) is 6.49. The average molecular weight is 152 g/mol. The zero-order valence-corrected chi connectivity index (χ0v) is 6.49. The van der Waals surface area contributed by atoms with Crippen LogP contribution in [0.25, 0.3) is 0 Å². The number of anilines is 1. The van der Waals surface area contributed by atoms with Crippen LogP contribution >= 0.6 is 0 Å². The van der Waals surface area contributed by atoms with Crippen LogP contribution in [0.4, 0.5) is 5.69 Å². The number of nitrogen functional groups attached to an aromatic ring is 1. The molecule has 0 saturated carbocycles. The van der Waals surface area contributed by atoms with Crippen molar-refractivity contribution in [3.05, 3.63) is 24.0 Å². The van der Waals surface area contributed by atoms with E-state index in [1.165, 1.54) is 0 Å². The lowest BCUT2D eigenvalue weighted by atomic mass is 10.1. The topological polar surface area (TPSA) is 59.1 Å². The zero-order chi connectivity index (χ0) is 8.27. The van der Waals surface area contributed by atoms with Crippen LogP contribution in [-0.4, -0.2) is 16.7 Å². The summed E-state index contributed by atoms with van der Waals surface area (Å²) in [6.07, 6.45) is 1.60. The third-order valence-corrected chi connectivity index (χ3v) is 1.59. The monoisotopic (exact) mass is 152 g/mol. The fraction of sp³-hybridized carbons (Fsp3) is 0.375. The van der Waals surface area contributed by atoms with Crippen LogP contribution in [0.3, 0.4) is 0 Å². The SMILES string of the molecule is CC(CO)c1ccc(N)cn1. The smallest absolute Gasteiger partial charge is 0.0512 e. The molecule has 0 amide bonds. The molecular formula is C8H12N2O. The molecule has 3 nitrogen and oxygen atoms in total. The summed E-state index contributed by atoms with van der Waals surface area (Å²) in [5, 5.41) is 8.79. The molecule has 0 radical (unpaired) electrons. The van der Waals surface area contributed by atoms with Gasteiger partial charge >= 0.3 is 0 Å². The Morgan fingerprint density at radius 3 is 2.82 bits per heavy atom. The number of aromatic nitrogens is 1. The summed E-state index contributed by atoms with van der Waals surface area (Å²) >= 11 is 0. The van der Waals surface area contributed by atoms with E-state index in [-0.39, 0.29) is 12.5 Å². The highest BCUT2D eigenvalue weighted by molar-refractivity contribution is 5.35. The molecule has 0 saturated heterocycles. The van der Waals surface area contributed by atoms with Gasteiger partial charge in [0.2, 0.25) is 0 Å². The van der Waals surface area contributed by atoms with Crippen molar-refractivity contribution in [3.63, 3.8) is 0 Å². The van der Waals surface area contributed by atoms with Gasteiger partial charge in [0.1, 0.15) is 0 Å². The van der Waals surface area contributed by atoms with Crippen LogP contribution in [0.1, 0.15) is 18.5 Å². The first-order chi connectivity index (χ1) is 5.24. The molecule has 1 atom stereocenters. The molecule has 11 heavy (non-hydrogen) atoms. The van der Waals surface area contributed by atoms with Crippen molar-refractivity contribution in [2.24, 2.45) is 0 Å². The van der Waals surface area contributed by atoms with Crippen molar-refractivity contribution < 1.29 is 5.11 Å². The van der Waals surface area contributed by atoms with Gasteiger partial charge in [-0.05, 0) is 12.1 Å². The number of nitrogens with zero attached hydrogens (tertiary/aromatic N) is 1. The molecule has 3 heteroatoms. The number of aliphatic hydroxyl groups excluding tert-OH is 1. The summed E-state index contributed by atoms with van der Waals surface area (Å²) < 4.78 is 0. The van der Waals surface area contributed by atoms with Gasteiger partial charge in [-0.3, -0.25) is 4.98 Å². The molecule has 60 valence electrons. The second kappa shape index (κ2) is 3.34. The Bertz CT molecular complexity index is 220. The van der Waals surface area contributed by atoms with Gasteiger partial charge in [0.15, 0.2) is 0 Å². The Labute approximate surface area is 65.9 Å². The Balaban J connectivity index is 2.81. The third kappa shape index (κ3) is 1.91. The third-order valence-electron chi connectivity index (χ3n) is 1.59. The summed E-state index contributed by atoms with van der Waals surface area (Å²) in [5.41, 5.74) is 6.97. The molecule has 0 aliphatic rings. The van der Waals surface area contributed by atoms with Crippen LogP contribution in [0.15, 0.2) is 18.3 Å². The fourth-order valence-corrected chi connectivity index (χ4v) is 0.802. The minimum atomic E-state index is 0.0931. The number of hydrogen-bond donors (Lipinski definition) is 2. The molecule has 0 aliphatic carbocycles. The predicted octanol–water partition coefficient (Wildman–Crippen LogP) is 0.760. The molecule has 0 bridgehead atoms. The standard InChI is InChI=1S/C8H12N2O/c1-6(5-11)8-3-2-7(9)4-10-8/h2-4,6,11H,5,9H2,1H3. The second-order valence-corrected chi connectivity index (χ2v) is 2.60. The number of pyridine rings is 1. The van der Waals surface area contributed by atoms with Gasteiger partial charge in [-0.25, -0.2) is 0 Å². The van der Waals surface area contributed by atoms with Gasteiger partial charge in [0.05, 0.1) is 18.5 Å². The minimum Gasteiger partial charge on any atom is -0.397 e. The van der Waals surface area contributed by atoms with Crippen molar-refractivity contribution in [2.75, 3.05) is 12.3 Å². The maximum absolute atomic E-state index is 8.79. The first-order valence-corrected chi connectivity index (χ1v) is 3.56. The van der Waals surface area contributed by atoms with Gasteiger partial charge < -0.3 is 10.8 Å². The highest BCUT2D eigenvalue weighted by Gasteiger charge is 2.03. The molecule has 0 aromatic carbocycles. The van der Waals surface area contributed by atoms with E-state index < -0.39 is 0 Å². The molecular weight excluding hydrogens is 140 g/mol. The van der Waals surface area contributed by atoms with Crippen LogP contribution < -0.4 is 5.73 Å². The molecule has 1 unspecified atom stereocenters. The van der Waals surface area contributed by atoms with E-state index in [0.29, 0.717) is 5.69 Å². The Morgan fingerprint density at radius 2 is 2.36 bits per heavy atom. The van der Waals surface area contributed by atoms with Crippen LogP contribution in [0.2, 0.25) is 0 Å². The second-order valence-electron chi connectivity index (χ2n) is 2.60. The Kier molecular flexibility index (Phi) is 2.44. The normalized spacial score (nSPS) is 12.9. The fourth-order valence-electron chi connectivity index (χ4n) is 0.802. The van der Waals surface area contributed by atoms with Crippen molar-refractivity contribution >= 4 is 5.69 Å². The lowest BCUT2D eigenvalue weighted by Crippen LogP contribution is -2.01. The molecule has 1 heterocycles. The van der Waals surface area contributed by atoms with Gasteiger partial charge in [0.25, 0.3) is 0 Å². The molecule has 0 fully saturated rings. The summed E-state index contributed by atoms with van der Waals surface area (Å²) in [6, 6.07) is 3.62. The number of aliphatic hydroxyl groups is 1. The molecule has 1 rings (SSSR count). The molecule has 0 spiro atoms. The molecule has 1 aromatic rings. The van der Waals surface area contributed by atoms with Gasteiger partial charge in [-0.15, -0.1) is 0 Å². The van der Waals surface area contributed by atoms with Gasteiger partial charge in [-0.2, -0.15) is 0 Å². The lowest BCUT2D eigenvalue weighted by molar-refractivity contribution is 0.271. The van der Waals surface area contributed by atoms with E-state index in [2.05, 4.69) is 4.98 Å². The number of rotatable bonds is 2. The number of nitrogens with two attached hydrogens (primary N) is 1. The molecule has 1 aromatic heterocycles. The summed E-state index contributed by atoms with van der Waals surface area (Å²) in [4.78, 5) is 4.06. The molecule has 0 aliphatic heterocycles. The quantitative estimate of drug-likeness (QED) is 0.657. The van der Waals surface area contributed by atoms with Gasteiger partial charge in [-0.1, -0.05) is 6.92 Å². The summed E-state index contributed by atoms with van der Waals surface area (Å²) in [7, 11) is 0. The minimum absolute atomic E-state index is 0.0931. The maximum Gasteiger partial charge on any atom is 0.0512 e. The first-order valence-electron chi connectivity index (χ1n) is 3.56. The molecule has 3 N–H and O–H groups in total. The maximum atomic E-state index is 8.79. The van der Waals surface area contributed by atoms with Crippen molar-refractivity contribution in [3.8, 4) is 0 Å². The van der Waals surface area contributed by atoms with E-state index in [9.17, 15) is 0 Å². The van der Waals surface area contributed by atoms with Crippen molar-refractivity contribution in [2.45, 2.75) is 12.8 Å².